The third-order valence-electron chi connectivity index (χ3n) is 1.54. The van der Waals surface area contributed by atoms with Crippen LogP contribution in [0.1, 0.15) is 11.1 Å². The maximum Gasteiger partial charge on any atom is 0.416 e. The molecule has 0 aliphatic carbocycles. The fourth-order valence-electron chi connectivity index (χ4n) is 0.974. The van der Waals surface area contributed by atoms with Gasteiger partial charge in [-0.1, -0.05) is 29.3 Å². The van der Waals surface area contributed by atoms with Crippen molar-refractivity contribution in [2.75, 3.05) is 0 Å². The van der Waals surface area contributed by atoms with E-state index in [2.05, 4.69) is 0 Å². The number of hydrogen-bond acceptors (Lipinski definition) is 2. The first kappa shape index (κ1) is 11.2. The van der Waals surface area contributed by atoms with Gasteiger partial charge in [0.2, 0.25) is 0 Å². The number of benzene rings is 1. The average molecular weight is 223 g/mol. The van der Waals surface area contributed by atoms with Gasteiger partial charge in [-0.05, 0) is 11.6 Å². The Hall–Kier alpha value is -0.880. The molecule has 0 heterocycles. The van der Waals surface area contributed by atoms with Crippen LogP contribution in [0.4, 0.5) is 13.2 Å². The topological polar surface area (TPSA) is 40.1 Å². The van der Waals surface area contributed by atoms with Gasteiger partial charge < -0.3 is 4.55 Å². The van der Waals surface area contributed by atoms with E-state index in [1.54, 1.807) is 0 Å². The fourth-order valence-corrected chi connectivity index (χ4v) is 1.43. The minimum Gasteiger partial charge on any atom is -0.772 e. The molecule has 1 unspecified atom stereocenters. The highest BCUT2D eigenvalue weighted by Crippen LogP contribution is 2.29. The first-order valence-corrected chi connectivity index (χ1v) is 4.86. The van der Waals surface area contributed by atoms with Crippen LogP contribution in [0.25, 0.3) is 0 Å². The van der Waals surface area contributed by atoms with E-state index in [1.807, 2.05) is 0 Å². The molecule has 0 radical (unpaired) electrons. The molecule has 1 aromatic carbocycles. The highest BCUT2D eigenvalue weighted by atomic mass is 32.2. The van der Waals surface area contributed by atoms with Crippen LogP contribution in [-0.4, -0.2) is 8.76 Å². The van der Waals surface area contributed by atoms with Gasteiger partial charge in [0.05, 0.1) is 5.56 Å². The Morgan fingerprint density at radius 1 is 1.36 bits per heavy atom. The maximum atomic E-state index is 12.2. The zero-order chi connectivity index (χ0) is 10.8. The Balaban J connectivity index is 2.95. The van der Waals surface area contributed by atoms with Crippen molar-refractivity contribution in [2.24, 2.45) is 0 Å². The lowest BCUT2D eigenvalue weighted by Gasteiger charge is -2.09. The number of hydrogen-bond donors (Lipinski definition) is 0. The van der Waals surface area contributed by atoms with Crippen molar-refractivity contribution < 1.29 is 21.9 Å². The fraction of sp³-hybridized carbons (Fsp3) is 0.250. The van der Waals surface area contributed by atoms with Crippen LogP contribution < -0.4 is 0 Å². The highest BCUT2D eigenvalue weighted by molar-refractivity contribution is 7.78. The monoisotopic (exact) mass is 223 g/mol. The number of halogens is 3. The van der Waals surface area contributed by atoms with Gasteiger partial charge in [0.25, 0.3) is 0 Å². The van der Waals surface area contributed by atoms with E-state index in [-0.39, 0.29) is 5.56 Å². The predicted octanol–water partition coefficient (Wildman–Crippen LogP) is 2.08. The Bertz CT molecular complexity index is 349. The van der Waals surface area contributed by atoms with Gasteiger partial charge in [-0.15, -0.1) is 0 Å². The minimum absolute atomic E-state index is 0.133. The summed E-state index contributed by atoms with van der Waals surface area (Å²) in [5.74, 6) is -0.399. The Morgan fingerprint density at radius 3 is 2.50 bits per heavy atom. The van der Waals surface area contributed by atoms with Crippen LogP contribution in [0.15, 0.2) is 24.3 Å². The summed E-state index contributed by atoms with van der Waals surface area (Å²) in [5, 5.41) is 0. The molecule has 6 heteroatoms. The number of rotatable bonds is 2. The first-order chi connectivity index (χ1) is 6.39. The van der Waals surface area contributed by atoms with E-state index in [4.69, 9.17) is 0 Å². The van der Waals surface area contributed by atoms with Crippen LogP contribution in [0, 0.1) is 0 Å². The SMILES string of the molecule is O=S([O-])Cc1cccc(C(F)(F)F)c1. The molecule has 2 nitrogen and oxygen atoms in total. The summed E-state index contributed by atoms with van der Waals surface area (Å²) in [4.78, 5) is 0. The molecule has 14 heavy (non-hydrogen) atoms. The van der Waals surface area contributed by atoms with Gasteiger partial charge >= 0.3 is 6.18 Å². The van der Waals surface area contributed by atoms with E-state index >= 15 is 0 Å². The molecule has 0 saturated heterocycles. The van der Waals surface area contributed by atoms with Gasteiger partial charge in [-0.25, -0.2) is 0 Å². The van der Waals surface area contributed by atoms with Crippen molar-refractivity contribution in [3.63, 3.8) is 0 Å². The normalized spacial score (nSPS) is 14.0. The molecule has 0 aromatic heterocycles. The van der Waals surface area contributed by atoms with Gasteiger partial charge in [0.1, 0.15) is 0 Å². The van der Waals surface area contributed by atoms with Crippen LogP contribution >= 0.6 is 0 Å². The summed E-state index contributed by atoms with van der Waals surface area (Å²) in [6.45, 7) is 0. The van der Waals surface area contributed by atoms with Gasteiger partial charge in [0.15, 0.2) is 0 Å². The zero-order valence-corrected chi connectivity index (χ0v) is 7.69. The molecule has 78 valence electrons. The van der Waals surface area contributed by atoms with Crippen LogP contribution in [0.3, 0.4) is 0 Å². The van der Waals surface area contributed by atoms with E-state index < -0.39 is 28.6 Å². The second-order valence-electron chi connectivity index (χ2n) is 2.65. The molecule has 0 aliphatic rings. The predicted molar refractivity (Wildman–Crippen MR) is 44.1 cm³/mol. The van der Waals surface area contributed by atoms with Crippen LogP contribution in [0.2, 0.25) is 0 Å². The summed E-state index contributed by atoms with van der Waals surface area (Å²) >= 11 is -2.37. The van der Waals surface area contributed by atoms with Crippen LogP contribution in [-0.2, 0) is 23.0 Å². The molecule has 0 fully saturated rings. The molecule has 0 amide bonds. The summed E-state index contributed by atoms with van der Waals surface area (Å²) in [7, 11) is 0. The van der Waals surface area contributed by atoms with Crippen molar-refractivity contribution in [3.05, 3.63) is 35.4 Å². The lowest BCUT2D eigenvalue weighted by Crippen LogP contribution is -2.05. The second-order valence-corrected chi connectivity index (χ2v) is 3.54. The van der Waals surface area contributed by atoms with Crippen molar-refractivity contribution >= 4 is 11.1 Å². The third kappa shape index (κ3) is 3.12. The summed E-state index contributed by atoms with van der Waals surface area (Å²) < 4.78 is 57.0. The molecular weight excluding hydrogens is 217 g/mol. The van der Waals surface area contributed by atoms with E-state index in [9.17, 15) is 21.9 Å². The summed E-state index contributed by atoms with van der Waals surface area (Å²) in [6.07, 6.45) is -4.43. The Kier molecular flexibility index (Phi) is 3.28. The molecule has 0 bridgehead atoms. The third-order valence-corrected chi connectivity index (χ3v) is 2.11. The molecule has 1 rings (SSSR count). The van der Waals surface area contributed by atoms with Crippen LogP contribution in [0.5, 0.6) is 0 Å². The first-order valence-electron chi connectivity index (χ1n) is 3.61. The van der Waals surface area contributed by atoms with E-state index in [1.165, 1.54) is 12.1 Å². The molecule has 0 saturated carbocycles. The highest BCUT2D eigenvalue weighted by Gasteiger charge is 2.30. The molecular formula is C8H6F3O2S-. The quantitative estimate of drug-likeness (QED) is 0.720. The van der Waals surface area contributed by atoms with E-state index in [0.717, 1.165) is 12.1 Å². The summed E-state index contributed by atoms with van der Waals surface area (Å²) in [5.41, 5.74) is -0.700. The van der Waals surface area contributed by atoms with Gasteiger partial charge in [-0.2, -0.15) is 13.2 Å². The second kappa shape index (κ2) is 4.10. The minimum atomic E-state index is -4.43. The molecule has 0 N–H and O–H groups in total. The van der Waals surface area contributed by atoms with Gasteiger partial charge in [-0.3, -0.25) is 4.21 Å². The number of alkyl halides is 3. The Morgan fingerprint density at radius 2 is 2.00 bits per heavy atom. The zero-order valence-electron chi connectivity index (χ0n) is 6.88. The standard InChI is InChI=1S/C8H7F3O2S/c9-8(10,11)7-3-1-2-6(4-7)5-14(12)13/h1-4H,5H2,(H,12,13)/p-1. The van der Waals surface area contributed by atoms with Crippen molar-refractivity contribution in [2.45, 2.75) is 11.9 Å². The molecule has 1 atom stereocenters. The van der Waals surface area contributed by atoms with E-state index in [0.29, 0.717) is 0 Å². The van der Waals surface area contributed by atoms with Crippen molar-refractivity contribution in [3.8, 4) is 0 Å². The summed E-state index contributed by atoms with van der Waals surface area (Å²) in [6, 6.07) is 4.25. The van der Waals surface area contributed by atoms with Crippen molar-refractivity contribution in [1.29, 1.82) is 0 Å². The largest absolute Gasteiger partial charge is 0.772 e. The van der Waals surface area contributed by atoms with Crippen molar-refractivity contribution in [1.82, 2.24) is 0 Å². The molecule has 0 spiro atoms. The maximum absolute atomic E-state index is 12.2. The lowest BCUT2D eigenvalue weighted by atomic mass is 10.1. The molecule has 0 aliphatic heterocycles. The molecule has 1 aromatic rings. The van der Waals surface area contributed by atoms with Gasteiger partial charge in [0, 0.05) is 5.75 Å². The smallest absolute Gasteiger partial charge is 0.416 e. The Labute approximate surface area is 81.0 Å². The average Bonchev–Trinajstić information content (AvgIpc) is 2.01. The lowest BCUT2D eigenvalue weighted by molar-refractivity contribution is -0.137.